The summed E-state index contributed by atoms with van der Waals surface area (Å²) in [6, 6.07) is 2.36. The Hall–Kier alpha value is -1.27. The van der Waals surface area contributed by atoms with Crippen molar-refractivity contribution in [2.24, 2.45) is 0 Å². The highest BCUT2D eigenvalue weighted by molar-refractivity contribution is 9.10. The number of nitro benzene ring substituents is 1. The van der Waals surface area contributed by atoms with Crippen molar-refractivity contribution in [3.8, 4) is 0 Å². The van der Waals surface area contributed by atoms with Crippen LogP contribution in [0.5, 0.6) is 0 Å². The summed E-state index contributed by atoms with van der Waals surface area (Å²) in [6.07, 6.45) is 1.30. The third-order valence-electron chi connectivity index (χ3n) is 2.06. The van der Waals surface area contributed by atoms with Crippen LogP contribution in [-0.2, 0) is 0 Å². The fraction of sp³-hybridized carbons (Fsp3) is 0. The minimum atomic E-state index is -0.648. The van der Waals surface area contributed by atoms with E-state index in [2.05, 4.69) is 20.9 Å². The predicted molar refractivity (Wildman–Crippen MR) is 61.1 cm³/mol. The Labute approximate surface area is 102 Å². The zero-order chi connectivity index (χ0) is 11.9. The van der Waals surface area contributed by atoms with E-state index >= 15 is 0 Å². The first-order valence-corrected chi connectivity index (χ1v) is 5.26. The lowest BCUT2D eigenvalue weighted by molar-refractivity contribution is -0.383. The molecular formula is C9H3BrClFN2O2. The van der Waals surface area contributed by atoms with Gasteiger partial charge in [-0.15, -0.1) is 0 Å². The van der Waals surface area contributed by atoms with Crippen molar-refractivity contribution >= 4 is 44.0 Å². The van der Waals surface area contributed by atoms with Gasteiger partial charge in [-0.1, -0.05) is 11.6 Å². The van der Waals surface area contributed by atoms with Gasteiger partial charge in [0.05, 0.1) is 20.2 Å². The summed E-state index contributed by atoms with van der Waals surface area (Å²) < 4.78 is 13.6. The van der Waals surface area contributed by atoms with Gasteiger partial charge in [-0.3, -0.25) is 10.1 Å². The standard InChI is InChI=1S/C9H3BrClFN2O2/c10-5-3-6(12)7-4(8(5)14(15)16)1-2-13-9(7)11/h1-3H. The molecule has 0 unspecified atom stereocenters. The van der Waals surface area contributed by atoms with Gasteiger partial charge in [-0.05, 0) is 28.1 Å². The number of nitrogens with zero attached hydrogens (tertiary/aromatic N) is 2. The molecule has 0 amide bonds. The van der Waals surface area contributed by atoms with Crippen molar-refractivity contribution in [3.05, 3.63) is 43.9 Å². The van der Waals surface area contributed by atoms with Gasteiger partial charge >= 0.3 is 0 Å². The molecule has 0 saturated carbocycles. The van der Waals surface area contributed by atoms with Crippen molar-refractivity contribution < 1.29 is 9.31 Å². The molecule has 7 heteroatoms. The summed E-state index contributed by atoms with van der Waals surface area (Å²) in [5.74, 6) is -0.648. The zero-order valence-electron chi connectivity index (χ0n) is 7.58. The van der Waals surface area contributed by atoms with Gasteiger partial charge in [0.15, 0.2) is 0 Å². The number of pyridine rings is 1. The maximum atomic E-state index is 13.6. The summed E-state index contributed by atoms with van der Waals surface area (Å²) in [5.41, 5.74) is -0.222. The molecular weight excluding hydrogens is 302 g/mol. The number of hydrogen-bond acceptors (Lipinski definition) is 3. The van der Waals surface area contributed by atoms with E-state index < -0.39 is 10.7 Å². The smallest absolute Gasteiger partial charge is 0.258 e. The van der Waals surface area contributed by atoms with Gasteiger partial charge in [0.1, 0.15) is 11.0 Å². The molecule has 2 aromatic rings. The first-order chi connectivity index (χ1) is 7.52. The van der Waals surface area contributed by atoms with Crippen LogP contribution in [0.15, 0.2) is 22.8 Å². The van der Waals surface area contributed by atoms with E-state index in [1.807, 2.05) is 0 Å². The van der Waals surface area contributed by atoms with Gasteiger partial charge in [0.25, 0.3) is 5.69 Å². The van der Waals surface area contributed by atoms with Crippen LogP contribution in [0.3, 0.4) is 0 Å². The van der Waals surface area contributed by atoms with Gasteiger partial charge in [-0.2, -0.15) is 0 Å². The second-order valence-electron chi connectivity index (χ2n) is 2.97. The molecule has 0 spiro atoms. The molecule has 1 aromatic carbocycles. The molecule has 0 N–H and O–H groups in total. The normalized spacial score (nSPS) is 10.7. The summed E-state index contributed by atoms with van der Waals surface area (Å²) in [7, 11) is 0. The monoisotopic (exact) mass is 304 g/mol. The molecule has 1 heterocycles. The van der Waals surface area contributed by atoms with E-state index in [4.69, 9.17) is 11.6 Å². The highest BCUT2D eigenvalue weighted by atomic mass is 79.9. The van der Waals surface area contributed by atoms with Crippen LogP contribution < -0.4 is 0 Å². The van der Waals surface area contributed by atoms with Crippen molar-refractivity contribution in [3.63, 3.8) is 0 Å². The van der Waals surface area contributed by atoms with E-state index in [0.717, 1.165) is 6.07 Å². The largest absolute Gasteiger partial charge is 0.291 e. The van der Waals surface area contributed by atoms with Crippen molar-refractivity contribution in [2.75, 3.05) is 0 Å². The Kier molecular flexibility index (Phi) is 2.77. The number of rotatable bonds is 1. The SMILES string of the molecule is O=[N+]([O-])c1c(Br)cc(F)c2c(Cl)nccc12. The number of aromatic nitrogens is 1. The topological polar surface area (TPSA) is 56.0 Å². The second kappa shape index (κ2) is 3.95. The van der Waals surface area contributed by atoms with E-state index in [1.54, 1.807) is 0 Å². The predicted octanol–water partition coefficient (Wildman–Crippen LogP) is 3.70. The summed E-state index contributed by atoms with van der Waals surface area (Å²) in [5, 5.41) is 10.8. The van der Waals surface area contributed by atoms with E-state index in [-0.39, 0.29) is 26.1 Å². The van der Waals surface area contributed by atoms with Crippen LogP contribution >= 0.6 is 27.5 Å². The molecule has 2 rings (SSSR count). The van der Waals surface area contributed by atoms with Crippen LogP contribution in [0.25, 0.3) is 10.8 Å². The lowest BCUT2D eigenvalue weighted by Gasteiger charge is -2.04. The maximum absolute atomic E-state index is 13.6. The first kappa shape index (κ1) is 11.2. The van der Waals surface area contributed by atoms with Crippen LogP contribution in [0, 0.1) is 15.9 Å². The van der Waals surface area contributed by atoms with Gasteiger partial charge in [-0.25, -0.2) is 9.37 Å². The minimum absolute atomic E-state index is 0.0425. The Morgan fingerprint density at radius 3 is 2.88 bits per heavy atom. The molecule has 0 bridgehead atoms. The lowest BCUT2D eigenvalue weighted by Crippen LogP contribution is -1.94. The number of halogens is 3. The Balaban J connectivity index is 3.02. The number of nitro groups is 1. The van der Waals surface area contributed by atoms with Crippen LogP contribution in [0.4, 0.5) is 10.1 Å². The molecule has 0 atom stereocenters. The quantitative estimate of drug-likeness (QED) is 0.458. The molecule has 16 heavy (non-hydrogen) atoms. The molecule has 0 fully saturated rings. The van der Waals surface area contributed by atoms with E-state index in [0.29, 0.717) is 0 Å². The highest BCUT2D eigenvalue weighted by Gasteiger charge is 2.21. The van der Waals surface area contributed by atoms with Crippen molar-refractivity contribution in [2.45, 2.75) is 0 Å². The molecule has 0 saturated heterocycles. The molecule has 82 valence electrons. The van der Waals surface area contributed by atoms with Crippen LogP contribution in [0.2, 0.25) is 5.15 Å². The number of hydrogen-bond donors (Lipinski definition) is 0. The Bertz CT molecular complexity index is 606. The van der Waals surface area contributed by atoms with Crippen LogP contribution in [0.1, 0.15) is 0 Å². The first-order valence-electron chi connectivity index (χ1n) is 4.09. The summed E-state index contributed by atoms with van der Waals surface area (Å²) in [4.78, 5) is 13.9. The summed E-state index contributed by atoms with van der Waals surface area (Å²) >= 11 is 8.65. The zero-order valence-corrected chi connectivity index (χ0v) is 9.92. The molecule has 0 radical (unpaired) electrons. The number of fused-ring (bicyclic) bond motifs is 1. The van der Waals surface area contributed by atoms with E-state index in [1.165, 1.54) is 12.3 Å². The average molecular weight is 305 g/mol. The third-order valence-corrected chi connectivity index (χ3v) is 2.95. The van der Waals surface area contributed by atoms with Gasteiger partial charge in [0, 0.05) is 6.20 Å². The fourth-order valence-corrected chi connectivity index (χ4v) is 2.23. The van der Waals surface area contributed by atoms with Gasteiger partial charge in [0.2, 0.25) is 0 Å². The lowest BCUT2D eigenvalue weighted by atomic mass is 10.1. The summed E-state index contributed by atoms with van der Waals surface area (Å²) in [6.45, 7) is 0. The fourth-order valence-electron chi connectivity index (χ4n) is 1.43. The molecule has 4 nitrogen and oxygen atoms in total. The van der Waals surface area contributed by atoms with E-state index in [9.17, 15) is 14.5 Å². The Morgan fingerprint density at radius 1 is 1.56 bits per heavy atom. The second-order valence-corrected chi connectivity index (χ2v) is 4.18. The third kappa shape index (κ3) is 1.64. The van der Waals surface area contributed by atoms with Crippen LogP contribution in [-0.4, -0.2) is 9.91 Å². The molecule has 1 aromatic heterocycles. The van der Waals surface area contributed by atoms with Gasteiger partial charge < -0.3 is 0 Å². The Morgan fingerprint density at radius 2 is 2.25 bits per heavy atom. The average Bonchev–Trinajstić information content (AvgIpc) is 2.15. The molecule has 0 aliphatic carbocycles. The highest BCUT2D eigenvalue weighted by Crippen LogP contribution is 2.37. The molecule has 0 aliphatic heterocycles. The molecule has 0 aliphatic rings. The van der Waals surface area contributed by atoms with Crippen molar-refractivity contribution in [1.29, 1.82) is 0 Å². The maximum Gasteiger partial charge on any atom is 0.291 e. The minimum Gasteiger partial charge on any atom is -0.258 e. The van der Waals surface area contributed by atoms with Crippen molar-refractivity contribution in [1.82, 2.24) is 4.98 Å². The number of benzene rings is 1.